The largest absolute Gasteiger partial charge is 0.457 e. The van der Waals surface area contributed by atoms with Crippen LogP contribution in [0.25, 0.3) is 0 Å². The molecule has 98 valence electrons. The van der Waals surface area contributed by atoms with Crippen LogP contribution in [0.3, 0.4) is 0 Å². The summed E-state index contributed by atoms with van der Waals surface area (Å²) < 4.78 is 18.4. The van der Waals surface area contributed by atoms with Crippen molar-refractivity contribution in [3.8, 4) is 0 Å². The fourth-order valence-electron chi connectivity index (χ4n) is 1.49. The van der Waals surface area contributed by atoms with Crippen molar-refractivity contribution in [1.82, 2.24) is 0 Å². The van der Waals surface area contributed by atoms with E-state index in [1.165, 1.54) is 12.1 Å². The lowest BCUT2D eigenvalue weighted by Crippen LogP contribution is -2.07. The third kappa shape index (κ3) is 3.46. The fraction of sp³-hybridized carbons (Fsp3) is 0.0714. The predicted molar refractivity (Wildman–Crippen MR) is 72.0 cm³/mol. The van der Waals surface area contributed by atoms with Crippen LogP contribution < -0.4 is 0 Å². The van der Waals surface area contributed by atoms with E-state index in [1.807, 2.05) is 0 Å². The molecule has 5 heteroatoms. The third-order valence-electron chi connectivity index (χ3n) is 2.46. The zero-order valence-corrected chi connectivity index (χ0v) is 11.2. The molecule has 0 unspecified atom stereocenters. The summed E-state index contributed by atoms with van der Waals surface area (Å²) >= 11 is 11.6. The van der Waals surface area contributed by atoms with Crippen LogP contribution in [0.2, 0.25) is 10.0 Å². The van der Waals surface area contributed by atoms with Gasteiger partial charge in [-0.1, -0.05) is 41.4 Å². The lowest BCUT2D eigenvalue weighted by Gasteiger charge is -2.07. The fourth-order valence-corrected chi connectivity index (χ4v) is 1.85. The standard InChI is InChI=1S/C14H9Cl2FO2/c15-10-5-6-13(17)11(7-10)14(18)19-8-9-3-1-2-4-12(9)16/h1-7H,8H2. The monoisotopic (exact) mass is 298 g/mol. The van der Waals surface area contributed by atoms with E-state index in [4.69, 9.17) is 27.9 Å². The average Bonchev–Trinajstić information content (AvgIpc) is 2.40. The minimum absolute atomic E-state index is 0.0234. The van der Waals surface area contributed by atoms with Gasteiger partial charge in [-0.3, -0.25) is 0 Å². The second-order valence-electron chi connectivity index (χ2n) is 3.79. The molecule has 0 bridgehead atoms. The number of hydrogen-bond donors (Lipinski definition) is 0. The van der Waals surface area contributed by atoms with E-state index in [1.54, 1.807) is 24.3 Å². The molecule has 0 aromatic heterocycles. The Bertz CT molecular complexity index is 614. The Morgan fingerprint density at radius 2 is 1.89 bits per heavy atom. The van der Waals surface area contributed by atoms with Gasteiger partial charge in [0, 0.05) is 15.6 Å². The molecule has 0 heterocycles. The molecule has 2 aromatic rings. The first-order valence-corrected chi connectivity index (χ1v) is 6.19. The van der Waals surface area contributed by atoms with Crippen molar-refractivity contribution in [3.63, 3.8) is 0 Å². The van der Waals surface area contributed by atoms with Crippen molar-refractivity contribution < 1.29 is 13.9 Å². The first-order chi connectivity index (χ1) is 9.08. The molecule has 0 aliphatic carbocycles. The van der Waals surface area contributed by atoms with Crippen molar-refractivity contribution in [3.05, 3.63) is 69.5 Å². The summed E-state index contributed by atoms with van der Waals surface area (Å²) in [5.41, 5.74) is 0.458. The van der Waals surface area contributed by atoms with Gasteiger partial charge in [-0.2, -0.15) is 0 Å². The van der Waals surface area contributed by atoms with E-state index in [-0.39, 0.29) is 17.2 Å². The molecule has 2 rings (SSSR count). The number of ether oxygens (including phenoxy) is 1. The summed E-state index contributed by atoms with van der Waals surface area (Å²) in [6.07, 6.45) is 0. The van der Waals surface area contributed by atoms with Gasteiger partial charge in [0.25, 0.3) is 0 Å². The van der Waals surface area contributed by atoms with Crippen LogP contribution in [-0.4, -0.2) is 5.97 Å². The van der Waals surface area contributed by atoms with Crippen LogP contribution in [0, 0.1) is 5.82 Å². The Morgan fingerprint density at radius 1 is 1.16 bits per heavy atom. The Balaban J connectivity index is 2.10. The average molecular weight is 299 g/mol. The first-order valence-electron chi connectivity index (χ1n) is 5.43. The minimum atomic E-state index is -0.778. The van der Waals surface area contributed by atoms with Gasteiger partial charge in [0.05, 0.1) is 5.56 Å². The highest BCUT2D eigenvalue weighted by Gasteiger charge is 2.14. The minimum Gasteiger partial charge on any atom is -0.457 e. The number of rotatable bonds is 3. The molecule has 0 spiro atoms. The number of halogens is 3. The summed E-state index contributed by atoms with van der Waals surface area (Å²) in [6, 6.07) is 10.7. The van der Waals surface area contributed by atoms with Crippen LogP contribution in [0.15, 0.2) is 42.5 Å². The molecule has 0 fully saturated rings. The Hall–Kier alpha value is -1.58. The second-order valence-corrected chi connectivity index (χ2v) is 4.64. The van der Waals surface area contributed by atoms with Gasteiger partial charge in [-0.15, -0.1) is 0 Å². The third-order valence-corrected chi connectivity index (χ3v) is 3.07. The molecule has 2 nitrogen and oxygen atoms in total. The normalized spacial score (nSPS) is 10.3. The Labute approximate surface area is 119 Å². The lowest BCUT2D eigenvalue weighted by atomic mass is 10.2. The van der Waals surface area contributed by atoms with E-state index >= 15 is 0 Å². The predicted octanol–water partition coefficient (Wildman–Crippen LogP) is 4.49. The lowest BCUT2D eigenvalue weighted by molar-refractivity contribution is 0.0467. The first kappa shape index (κ1) is 13.8. The van der Waals surface area contributed by atoms with Crippen LogP contribution >= 0.6 is 23.2 Å². The highest BCUT2D eigenvalue weighted by Crippen LogP contribution is 2.19. The van der Waals surface area contributed by atoms with Crippen molar-refractivity contribution >= 4 is 29.2 Å². The number of hydrogen-bond acceptors (Lipinski definition) is 2. The van der Waals surface area contributed by atoms with Gasteiger partial charge in [0.2, 0.25) is 0 Å². The highest BCUT2D eigenvalue weighted by molar-refractivity contribution is 6.31. The molecular formula is C14H9Cl2FO2. The van der Waals surface area contributed by atoms with Gasteiger partial charge >= 0.3 is 5.97 Å². The van der Waals surface area contributed by atoms with Crippen LogP contribution in [0.5, 0.6) is 0 Å². The van der Waals surface area contributed by atoms with Crippen molar-refractivity contribution in [2.45, 2.75) is 6.61 Å². The Morgan fingerprint density at radius 3 is 2.63 bits per heavy atom. The van der Waals surface area contributed by atoms with Gasteiger partial charge in [0.1, 0.15) is 12.4 Å². The molecule has 0 atom stereocenters. The molecule has 0 N–H and O–H groups in total. The van der Waals surface area contributed by atoms with E-state index in [9.17, 15) is 9.18 Å². The maximum Gasteiger partial charge on any atom is 0.341 e. The number of benzene rings is 2. The molecule has 2 aromatic carbocycles. The molecular weight excluding hydrogens is 290 g/mol. The zero-order chi connectivity index (χ0) is 13.8. The maximum atomic E-state index is 13.4. The molecule has 0 aliphatic heterocycles. The van der Waals surface area contributed by atoms with Gasteiger partial charge in [-0.25, -0.2) is 9.18 Å². The summed E-state index contributed by atoms with van der Waals surface area (Å²) in [5, 5.41) is 0.757. The number of esters is 1. The molecule has 0 saturated carbocycles. The van der Waals surface area contributed by atoms with E-state index in [0.29, 0.717) is 10.6 Å². The molecule has 0 aliphatic rings. The molecule has 19 heavy (non-hydrogen) atoms. The highest BCUT2D eigenvalue weighted by atomic mass is 35.5. The smallest absolute Gasteiger partial charge is 0.341 e. The summed E-state index contributed by atoms with van der Waals surface area (Å²) in [5.74, 6) is -1.45. The molecule has 0 saturated heterocycles. The van der Waals surface area contributed by atoms with Gasteiger partial charge in [0.15, 0.2) is 0 Å². The SMILES string of the molecule is O=C(OCc1ccccc1Cl)c1cc(Cl)ccc1F. The Kier molecular flexibility index (Phi) is 4.40. The number of carbonyl (C=O) groups excluding carboxylic acids is 1. The van der Waals surface area contributed by atoms with Crippen molar-refractivity contribution in [2.75, 3.05) is 0 Å². The van der Waals surface area contributed by atoms with Gasteiger partial charge < -0.3 is 4.74 Å². The van der Waals surface area contributed by atoms with E-state index in [2.05, 4.69) is 0 Å². The molecule has 0 radical (unpaired) electrons. The van der Waals surface area contributed by atoms with Gasteiger partial charge in [-0.05, 0) is 24.3 Å². The number of carbonyl (C=O) groups is 1. The van der Waals surface area contributed by atoms with Crippen molar-refractivity contribution in [2.24, 2.45) is 0 Å². The summed E-state index contributed by atoms with van der Waals surface area (Å²) in [6.45, 7) is -0.0234. The van der Waals surface area contributed by atoms with E-state index < -0.39 is 11.8 Å². The van der Waals surface area contributed by atoms with E-state index in [0.717, 1.165) is 6.07 Å². The summed E-state index contributed by atoms with van der Waals surface area (Å²) in [4.78, 5) is 11.7. The van der Waals surface area contributed by atoms with Crippen LogP contribution in [0.1, 0.15) is 15.9 Å². The maximum absolute atomic E-state index is 13.4. The van der Waals surface area contributed by atoms with Crippen LogP contribution in [-0.2, 0) is 11.3 Å². The quantitative estimate of drug-likeness (QED) is 0.781. The molecule has 0 amide bonds. The van der Waals surface area contributed by atoms with Crippen LogP contribution in [0.4, 0.5) is 4.39 Å². The topological polar surface area (TPSA) is 26.3 Å². The van der Waals surface area contributed by atoms with Crippen molar-refractivity contribution in [1.29, 1.82) is 0 Å². The zero-order valence-electron chi connectivity index (χ0n) is 9.70. The second kappa shape index (κ2) is 6.04. The summed E-state index contributed by atoms with van der Waals surface area (Å²) in [7, 11) is 0.